The van der Waals surface area contributed by atoms with E-state index in [9.17, 15) is 4.79 Å². The van der Waals surface area contributed by atoms with Crippen LogP contribution < -0.4 is 0 Å². The number of aliphatic hydroxyl groups excluding tert-OH is 1. The van der Waals surface area contributed by atoms with Gasteiger partial charge in [-0.25, -0.2) is 4.79 Å². The van der Waals surface area contributed by atoms with Gasteiger partial charge >= 0.3 is 5.97 Å². The second kappa shape index (κ2) is 8.85. The van der Waals surface area contributed by atoms with Crippen molar-refractivity contribution in [3.63, 3.8) is 0 Å². The van der Waals surface area contributed by atoms with Gasteiger partial charge in [0.25, 0.3) is 0 Å². The molecule has 0 amide bonds. The number of nitrogens with zero attached hydrogens (tertiary/aromatic N) is 1. The molecule has 1 heterocycles. The molecular weight excluding hydrogens is 262 g/mol. The number of carboxylic acid groups (broad SMARTS) is 1. The summed E-state index contributed by atoms with van der Waals surface area (Å²) in [4.78, 5) is 13.9. The van der Waals surface area contributed by atoms with Crippen molar-refractivity contribution >= 4 is 23.4 Å². The van der Waals surface area contributed by atoms with E-state index in [4.69, 9.17) is 10.2 Å². The summed E-state index contributed by atoms with van der Waals surface area (Å²) in [6, 6.07) is 1.94. The molecule has 19 heavy (non-hydrogen) atoms. The van der Waals surface area contributed by atoms with Crippen LogP contribution in [0.4, 0.5) is 0 Å². The van der Waals surface area contributed by atoms with Gasteiger partial charge in [0.15, 0.2) is 0 Å². The lowest BCUT2D eigenvalue weighted by Gasteiger charge is -2.16. The van der Waals surface area contributed by atoms with Gasteiger partial charge in [-0.15, -0.1) is 11.3 Å². The van der Waals surface area contributed by atoms with Gasteiger partial charge in [0.2, 0.25) is 0 Å². The van der Waals surface area contributed by atoms with Gasteiger partial charge in [-0.2, -0.15) is 0 Å². The van der Waals surface area contributed by atoms with Crippen molar-refractivity contribution in [3.05, 3.63) is 28.0 Å². The Morgan fingerprint density at radius 3 is 2.89 bits per heavy atom. The van der Waals surface area contributed by atoms with Crippen LogP contribution in [0.3, 0.4) is 0 Å². The molecule has 0 radical (unpaired) electrons. The molecule has 0 aliphatic heterocycles. The molecule has 1 rings (SSSR count). The fraction of sp³-hybridized carbons (Fsp3) is 0.500. The zero-order valence-electron chi connectivity index (χ0n) is 11.2. The summed E-state index contributed by atoms with van der Waals surface area (Å²) in [7, 11) is 2.06. The van der Waals surface area contributed by atoms with E-state index in [2.05, 4.69) is 11.9 Å². The predicted octanol–water partition coefficient (Wildman–Crippen LogP) is 2.44. The first-order valence-corrected chi connectivity index (χ1v) is 7.28. The predicted molar refractivity (Wildman–Crippen MR) is 78.3 cm³/mol. The first kappa shape index (κ1) is 15.9. The molecule has 1 aromatic heterocycles. The Hall–Kier alpha value is -1.17. The van der Waals surface area contributed by atoms with Crippen LogP contribution >= 0.6 is 11.3 Å². The van der Waals surface area contributed by atoms with E-state index in [1.807, 2.05) is 11.4 Å². The summed E-state index contributed by atoms with van der Waals surface area (Å²) in [6.07, 6.45) is 5.79. The van der Waals surface area contributed by atoms with Crippen molar-refractivity contribution in [1.29, 1.82) is 0 Å². The number of rotatable bonds is 9. The molecule has 4 nitrogen and oxygen atoms in total. The van der Waals surface area contributed by atoms with Crippen LogP contribution in [0.1, 0.15) is 29.7 Å². The standard InChI is InChI=1S/C14H21NO3S/c1-15(8-3-2-4-9-16)11-13-12(7-10-19-13)5-6-14(17)18/h5-7,10,16H,2-4,8-9,11H2,1H3,(H,17,18)/b6-5+. The van der Waals surface area contributed by atoms with Gasteiger partial charge in [0, 0.05) is 24.1 Å². The number of thiophene rings is 1. The normalized spacial score (nSPS) is 11.5. The minimum atomic E-state index is -0.922. The molecule has 0 aliphatic carbocycles. The number of unbranched alkanes of at least 4 members (excludes halogenated alkanes) is 2. The fourth-order valence-corrected chi connectivity index (χ4v) is 2.73. The Morgan fingerprint density at radius 1 is 1.42 bits per heavy atom. The largest absolute Gasteiger partial charge is 0.478 e. The average Bonchev–Trinajstić information content (AvgIpc) is 2.79. The monoisotopic (exact) mass is 283 g/mol. The molecular formula is C14H21NO3S. The molecule has 0 saturated carbocycles. The van der Waals surface area contributed by atoms with Crippen LogP contribution in [-0.2, 0) is 11.3 Å². The van der Waals surface area contributed by atoms with Crippen molar-refractivity contribution in [2.75, 3.05) is 20.2 Å². The van der Waals surface area contributed by atoms with Crippen molar-refractivity contribution in [3.8, 4) is 0 Å². The zero-order chi connectivity index (χ0) is 14.1. The average molecular weight is 283 g/mol. The van der Waals surface area contributed by atoms with Crippen LogP contribution in [0.5, 0.6) is 0 Å². The third-order valence-electron chi connectivity index (χ3n) is 2.80. The van der Waals surface area contributed by atoms with E-state index in [0.29, 0.717) is 0 Å². The van der Waals surface area contributed by atoms with Crippen LogP contribution in [0.15, 0.2) is 17.5 Å². The van der Waals surface area contributed by atoms with Gasteiger partial charge in [-0.05, 0) is 55.9 Å². The number of carbonyl (C=O) groups is 1. The number of hydrogen-bond acceptors (Lipinski definition) is 4. The molecule has 0 aromatic carbocycles. The van der Waals surface area contributed by atoms with Crippen molar-refractivity contribution in [1.82, 2.24) is 4.90 Å². The number of aliphatic hydroxyl groups is 1. The highest BCUT2D eigenvalue weighted by atomic mass is 32.1. The highest BCUT2D eigenvalue weighted by Crippen LogP contribution is 2.20. The summed E-state index contributed by atoms with van der Waals surface area (Å²) in [5, 5.41) is 19.3. The molecule has 0 aliphatic rings. The molecule has 0 saturated heterocycles. The second-order valence-electron chi connectivity index (χ2n) is 4.49. The third kappa shape index (κ3) is 6.52. The van der Waals surface area contributed by atoms with E-state index in [1.54, 1.807) is 17.4 Å². The lowest BCUT2D eigenvalue weighted by Crippen LogP contribution is -2.18. The molecule has 0 bridgehead atoms. The van der Waals surface area contributed by atoms with Crippen LogP contribution in [0.25, 0.3) is 6.08 Å². The summed E-state index contributed by atoms with van der Waals surface area (Å²) in [5.41, 5.74) is 0.981. The molecule has 106 valence electrons. The summed E-state index contributed by atoms with van der Waals surface area (Å²) >= 11 is 1.65. The quantitative estimate of drug-likeness (QED) is 0.540. The van der Waals surface area contributed by atoms with Crippen molar-refractivity contribution < 1.29 is 15.0 Å². The van der Waals surface area contributed by atoms with Crippen molar-refractivity contribution in [2.24, 2.45) is 0 Å². The maximum absolute atomic E-state index is 10.5. The molecule has 1 aromatic rings. The van der Waals surface area contributed by atoms with E-state index in [0.717, 1.165) is 37.9 Å². The van der Waals surface area contributed by atoms with E-state index in [1.165, 1.54) is 11.0 Å². The highest BCUT2D eigenvalue weighted by Gasteiger charge is 2.05. The maximum Gasteiger partial charge on any atom is 0.328 e. The highest BCUT2D eigenvalue weighted by molar-refractivity contribution is 7.10. The topological polar surface area (TPSA) is 60.8 Å². The van der Waals surface area contributed by atoms with Crippen molar-refractivity contribution in [2.45, 2.75) is 25.8 Å². The van der Waals surface area contributed by atoms with Gasteiger partial charge in [-0.1, -0.05) is 0 Å². The minimum absolute atomic E-state index is 0.263. The summed E-state index contributed by atoms with van der Waals surface area (Å²) in [5.74, 6) is -0.922. The molecule has 5 heteroatoms. The Balaban J connectivity index is 2.43. The first-order valence-electron chi connectivity index (χ1n) is 6.40. The van der Waals surface area contributed by atoms with E-state index >= 15 is 0 Å². The lowest BCUT2D eigenvalue weighted by atomic mass is 10.2. The Morgan fingerprint density at radius 2 is 2.21 bits per heavy atom. The molecule has 0 spiro atoms. The zero-order valence-corrected chi connectivity index (χ0v) is 12.0. The number of aliphatic carboxylic acids is 1. The second-order valence-corrected chi connectivity index (χ2v) is 5.49. The Kier molecular flexibility index (Phi) is 7.40. The van der Waals surface area contributed by atoms with Crippen LogP contribution in [0.2, 0.25) is 0 Å². The lowest BCUT2D eigenvalue weighted by molar-refractivity contribution is -0.131. The molecule has 0 unspecified atom stereocenters. The van der Waals surface area contributed by atoms with Gasteiger partial charge in [-0.3, -0.25) is 0 Å². The number of carboxylic acids is 1. The molecule has 0 fully saturated rings. The van der Waals surface area contributed by atoms with Crippen LogP contribution in [-0.4, -0.2) is 41.3 Å². The number of hydrogen-bond donors (Lipinski definition) is 2. The van der Waals surface area contributed by atoms with E-state index < -0.39 is 5.97 Å². The van der Waals surface area contributed by atoms with Crippen LogP contribution in [0, 0.1) is 0 Å². The maximum atomic E-state index is 10.5. The summed E-state index contributed by atoms with van der Waals surface area (Å²) in [6.45, 7) is 2.08. The SMILES string of the molecule is CN(CCCCCO)Cc1sccc1/C=C/C(=O)O. The minimum Gasteiger partial charge on any atom is -0.478 e. The third-order valence-corrected chi connectivity index (χ3v) is 3.72. The van der Waals surface area contributed by atoms with Gasteiger partial charge in [0.05, 0.1) is 0 Å². The Bertz CT molecular complexity index is 415. The Labute approximate surface area is 118 Å². The molecule has 2 N–H and O–H groups in total. The summed E-state index contributed by atoms with van der Waals surface area (Å²) < 4.78 is 0. The van der Waals surface area contributed by atoms with Gasteiger partial charge in [0.1, 0.15) is 0 Å². The fourth-order valence-electron chi connectivity index (χ4n) is 1.78. The smallest absolute Gasteiger partial charge is 0.328 e. The molecule has 0 atom stereocenters. The van der Waals surface area contributed by atoms with Gasteiger partial charge < -0.3 is 15.1 Å². The van der Waals surface area contributed by atoms with E-state index in [-0.39, 0.29) is 6.61 Å². The first-order chi connectivity index (χ1) is 9.13.